The van der Waals surface area contributed by atoms with Crippen molar-refractivity contribution in [3.05, 3.63) is 36.4 Å². The number of nitrogens with one attached hydrogen (secondary N) is 1. The smallest absolute Gasteiger partial charge is 0.163 e. The Hall–Kier alpha value is -2.10. The minimum absolute atomic E-state index is 0.587. The molecule has 0 aliphatic carbocycles. The van der Waals surface area contributed by atoms with Crippen LogP contribution < -0.4 is 10.2 Å². The topological polar surface area (TPSA) is 41.0 Å². The van der Waals surface area contributed by atoms with Crippen molar-refractivity contribution in [3.8, 4) is 11.4 Å². The van der Waals surface area contributed by atoms with Gasteiger partial charge in [0.1, 0.15) is 11.6 Å². The third kappa shape index (κ3) is 4.21. The molecule has 2 aromatic rings. The van der Waals surface area contributed by atoms with Gasteiger partial charge >= 0.3 is 0 Å². The fraction of sp³-hybridized carbons (Fsp3) is 0.474. The summed E-state index contributed by atoms with van der Waals surface area (Å²) >= 11 is 0. The Labute approximate surface area is 139 Å². The lowest BCUT2D eigenvalue weighted by Gasteiger charge is -2.28. The maximum atomic E-state index is 4.83. The van der Waals surface area contributed by atoms with Crippen molar-refractivity contribution < 1.29 is 0 Å². The molecule has 0 radical (unpaired) electrons. The first-order valence-corrected chi connectivity index (χ1v) is 8.66. The van der Waals surface area contributed by atoms with Gasteiger partial charge in [-0.05, 0) is 25.2 Å². The molecule has 1 saturated heterocycles. The van der Waals surface area contributed by atoms with E-state index in [1.165, 1.54) is 19.3 Å². The summed E-state index contributed by atoms with van der Waals surface area (Å²) in [4.78, 5) is 11.9. The fourth-order valence-electron chi connectivity index (χ4n) is 2.84. The molecule has 1 aromatic carbocycles. The number of piperidine rings is 1. The molecule has 0 bridgehead atoms. The molecular formula is C19H26N4. The summed E-state index contributed by atoms with van der Waals surface area (Å²) < 4.78 is 0. The van der Waals surface area contributed by atoms with Gasteiger partial charge in [-0.1, -0.05) is 44.2 Å². The van der Waals surface area contributed by atoms with Crippen LogP contribution in [0.15, 0.2) is 36.4 Å². The molecule has 122 valence electrons. The highest BCUT2D eigenvalue weighted by Crippen LogP contribution is 2.24. The van der Waals surface area contributed by atoms with Crippen LogP contribution in [0, 0.1) is 5.92 Å². The van der Waals surface area contributed by atoms with E-state index in [4.69, 9.17) is 9.97 Å². The summed E-state index contributed by atoms with van der Waals surface area (Å²) in [6, 6.07) is 12.3. The average Bonchev–Trinajstić information content (AvgIpc) is 2.61. The van der Waals surface area contributed by atoms with Crippen LogP contribution in [0.4, 0.5) is 11.6 Å². The molecule has 1 N–H and O–H groups in total. The second kappa shape index (κ2) is 7.44. The predicted octanol–water partition coefficient (Wildman–Crippen LogP) is 4.20. The highest BCUT2D eigenvalue weighted by atomic mass is 15.2. The van der Waals surface area contributed by atoms with E-state index in [0.29, 0.717) is 5.92 Å². The first kappa shape index (κ1) is 15.8. The Bertz CT molecular complexity index is 619. The Morgan fingerprint density at radius 1 is 1.04 bits per heavy atom. The zero-order valence-electron chi connectivity index (χ0n) is 14.1. The average molecular weight is 310 g/mol. The van der Waals surface area contributed by atoms with E-state index < -0.39 is 0 Å². The highest BCUT2D eigenvalue weighted by molar-refractivity contribution is 5.61. The molecule has 1 aliphatic rings. The van der Waals surface area contributed by atoms with Crippen molar-refractivity contribution in [1.82, 2.24) is 9.97 Å². The third-order valence-corrected chi connectivity index (χ3v) is 4.12. The summed E-state index contributed by atoms with van der Waals surface area (Å²) in [7, 11) is 0. The maximum absolute atomic E-state index is 4.83. The number of hydrogen-bond donors (Lipinski definition) is 1. The van der Waals surface area contributed by atoms with Crippen LogP contribution in [0.1, 0.15) is 33.1 Å². The molecule has 1 fully saturated rings. The van der Waals surface area contributed by atoms with Crippen LogP contribution in [0.3, 0.4) is 0 Å². The summed E-state index contributed by atoms with van der Waals surface area (Å²) in [5.41, 5.74) is 1.07. The van der Waals surface area contributed by atoms with Crippen molar-refractivity contribution in [3.63, 3.8) is 0 Å². The van der Waals surface area contributed by atoms with Gasteiger partial charge in [0.25, 0.3) is 0 Å². The molecule has 3 rings (SSSR count). The Balaban J connectivity index is 1.92. The van der Waals surface area contributed by atoms with E-state index in [-0.39, 0.29) is 0 Å². The van der Waals surface area contributed by atoms with E-state index in [1.807, 2.05) is 18.2 Å². The highest BCUT2D eigenvalue weighted by Gasteiger charge is 2.15. The van der Waals surface area contributed by atoms with Gasteiger partial charge in [0.15, 0.2) is 5.82 Å². The first-order valence-electron chi connectivity index (χ1n) is 8.66. The van der Waals surface area contributed by atoms with E-state index in [2.05, 4.69) is 42.3 Å². The standard InChI is InChI=1S/C19H26N4/c1-15(2)14-20-17-13-18(23-11-7-4-8-12-23)22-19(21-17)16-9-5-3-6-10-16/h3,5-6,9-10,13,15H,4,7-8,11-12,14H2,1-2H3,(H,20,21,22). The number of benzene rings is 1. The molecule has 0 spiro atoms. The minimum Gasteiger partial charge on any atom is -0.370 e. The van der Waals surface area contributed by atoms with Crippen molar-refractivity contribution in [1.29, 1.82) is 0 Å². The zero-order valence-corrected chi connectivity index (χ0v) is 14.1. The second-order valence-electron chi connectivity index (χ2n) is 6.62. The second-order valence-corrected chi connectivity index (χ2v) is 6.62. The molecular weight excluding hydrogens is 284 g/mol. The van der Waals surface area contributed by atoms with E-state index in [0.717, 1.165) is 42.7 Å². The number of rotatable bonds is 5. The lowest BCUT2D eigenvalue weighted by molar-refractivity contribution is 0.573. The Morgan fingerprint density at radius 3 is 2.48 bits per heavy atom. The fourth-order valence-corrected chi connectivity index (χ4v) is 2.84. The van der Waals surface area contributed by atoms with Gasteiger partial charge in [0.2, 0.25) is 0 Å². The van der Waals surface area contributed by atoms with Crippen LogP contribution in [0.25, 0.3) is 11.4 Å². The number of nitrogens with zero attached hydrogens (tertiary/aromatic N) is 3. The third-order valence-electron chi connectivity index (χ3n) is 4.12. The van der Waals surface area contributed by atoms with Gasteiger partial charge in [-0.25, -0.2) is 9.97 Å². The molecule has 2 heterocycles. The lowest BCUT2D eigenvalue weighted by Crippen LogP contribution is -2.30. The quantitative estimate of drug-likeness (QED) is 0.898. The summed E-state index contributed by atoms with van der Waals surface area (Å²) in [6.07, 6.45) is 3.82. The van der Waals surface area contributed by atoms with Crippen molar-refractivity contribution >= 4 is 11.6 Å². The normalized spacial score (nSPS) is 15.0. The number of hydrogen-bond acceptors (Lipinski definition) is 4. The van der Waals surface area contributed by atoms with Crippen molar-refractivity contribution in [2.75, 3.05) is 29.9 Å². The number of aromatic nitrogens is 2. The molecule has 0 amide bonds. The van der Waals surface area contributed by atoms with Gasteiger partial charge in [-0.15, -0.1) is 0 Å². The van der Waals surface area contributed by atoms with Crippen LogP contribution in [0.2, 0.25) is 0 Å². The Kier molecular flexibility index (Phi) is 5.11. The molecule has 0 unspecified atom stereocenters. The van der Waals surface area contributed by atoms with Gasteiger partial charge in [-0.3, -0.25) is 0 Å². The zero-order chi connectivity index (χ0) is 16.1. The van der Waals surface area contributed by atoms with Crippen LogP contribution >= 0.6 is 0 Å². The molecule has 4 nitrogen and oxygen atoms in total. The Morgan fingerprint density at radius 2 is 1.78 bits per heavy atom. The van der Waals surface area contributed by atoms with Crippen molar-refractivity contribution in [2.24, 2.45) is 5.92 Å². The van der Waals surface area contributed by atoms with Gasteiger partial charge in [0, 0.05) is 31.3 Å². The maximum Gasteiger partial charge on any atom is 0.163 e. The van der Waals surface area contributed by atoms with E-state index in [1.54, 1.807) is 0 Å². The molecule has 23 heavy (non-hydrogen) atoms. The summed E-state index contributed by atoms with van der Waals surface area (Å²) in [5.74, 6) is 3.36. The molecule has 1 aromatic heterocycles. The molecule has 1 aliphatic heterocycles. The summed E-state index contributed by atoms with van der Waals surface area (Å²) in [6.45, 7) is 7.52. The monoisotopic (exact) mass is 310 g/mol. The van der Waals surface area contributed by atoms with Gasteiger partial charge < -0.3 is 10.2 Å². The molecule has 0 saturated carbocycles. The van der Waals surface area contributed by atoms with Gasteiger partial charge in [0.05, 0.1) is 0 Å². The molecule has 0 atom stereocenters. The van der Waals surface area contributed by atoms with Crippen LogP contribution in [0.5, 0.6) is 0 Å². The van der Waals surface area contributed by atoms with Crippen LogP contribution in [-0.4, -0.2) is 29.6 Å². The van der Waals surface area contributed by atoms with E-state index in [9.17, 15) is 0 Å². The van der Waals surface area contributed by atoms with Crippen LogP contribution in [-0.2, 0) is 0 Å². The summed E-state index contributed by atoms with van der Waals surface area (Å²) in [5, 5.41) is 3.46. The SMILES string of the molecule is CC(C)CNc1cc(N2CCCCC2)nc(-c2ccccc2)n1. The minimum atomic E-state index is 0.587. The largest absolute Gasteiger partial charge is 0.370 e. The lowest BCUT2D eigenvalue weighted by atomic mass is 10.1. The molecule has 4 heteroatoms. The number of anilines is 2. The first-order chi connectivity index (χ1) is 11.2. The van der Waals surface area contributed by atoms with Crippen molar-refractivity contribution in [2.45, 2.75) is 33.1 Å². The predicted molar refractivity (Wildman–Crippen MR) is 96.9 cm³/mol. The van der Waals surface area contributed by atoms with Gasteiger partial charge in [-0.2, -0.15) is 0 Å². The van der Waals surface area contributed by atoms with E-state index >= 15 is 0 Å².